The van der Waals surface area contributed by atoms with Gasteiger partial charge in [0.1, 0.15) is 6.04 Å². The number of benzene rings is 1. The molecule has 1 aromatic carbocycles. The van der Waals surface area contributed by atoms with E-state index in [9.17, 15) is 32.3 Å². The van der Waals surface area contributed by atoms with E-state index in [-0.39, 0.29) is 35.4 Å². The summed E-state index contributed by atoms with van der Waals surface area (Å²) in [5.41, 5.74) is 8.10. The van der Waals surface area contributed by atoms with E-state index in [1.54, 1.807) is 7.05 Å². The number of hydrogen-bond acceptors (Lipinski definition) is 7. The Morgan fingerprint density at radius 1 is 1.07 bits per heavy atom. The highest BCUT2D eigenvalue weighted by molar-refractivity contribution is 6.00. The van der Waals surface area contributed by atoms with Crippen molar-refractivity contribution < 1.29 is 37.5 Å². The molecule has 1 saturated carbocycles. The van der Waals surface area contributed by atoms with Crippen molar-refractivity contribution in [2.75, 3.05) is 32.7 Å². The number of aryl methyl sites for hydroxylation is 1. The number of carboxylic acid groups (broad SMARTS) is 1. The molecular weight excluding hydrogens is 609 g/mol. The average Bonchev–Trinajstić information content (AvgIpc) is 3.53. The van der Waals surface area contributed by atoms with E-state index in [1.807, 2.05) is 18.2 Å². The van der Waals surface area contributed by atoms with Gasteiger partial charge in [0.05, 0.1) is 17.6 Å². The zero-order valence-corrected chi connectivity index (χ0v) is 25.4. The number of hydrogen-bond donors (Lipinski definition) is 3. The quantitative estimate of drug-likeness (QED) is 0.333. The number of carboxylic acids is 1. The van der Waals surface area contributed by atoms with Crippen molar-refractivity contribution in [2.45, 2.75) is 63.2 Å². The number of alkyl halides is 3. The molecule has 4 N–H and O–H groups in total. The molecule has 0 bridgehead atoms. The predicted octanol–water partition coefficient (Wildman–Crippen LogP) is 1.35. The Labute approximate surface area is 262 Å². The fraction of sp³-hybridized carbons (Fsp3) is 0.581. The summed E-state index contributed by atoms with van der Waals surface area (Å²) in [7, 11) is 1.68. The number of halogens is 3. The summed E-state index contributed by atoms with van der Waals surface area (Å²) in [5, 5.41) is 9.46. The maximum absolute atomic E-state index is 13.0. The van der Waals surface area contributed by atoms with Crippen LogP contribution in [0.3, 0.4) is 0 Å². The molecule has 3 aliphatic heterocycles. The number of imide groups is 1. The Bertz CT molecular complexity index is 1660. The maximum atomic E-state index is 13.0. The minimum atomic E-state index is -5.08. The van der Waals surface area contributed by atoms with Crippen LogP contribution in [-0.2, 0) is 26.2 Å². The molecule has 12 nitrogen and oxygen atoms in total. The third kappa shape index (κ3) is 6.97. The van der Waals surface area contributed by atoms with Crippen molar-refractivity contribution in [1.29, 1.82) is 0 Å². The summed E-state index contributed by atoms with van der Waals surface area (Å²) < 4.78 is 34.7. The number of rotatable bonds is 3. The molecule has 3 saturated heterocycles. The molecule has 46 heavy (non-hydrogen) atoms. The van der Waals surface area contributed by atoms with E-state index in [0.717, 1.165) is 63.8 Å². The summed E-state index contributed by atoms with van der Waals surface area (Å²) in [6.45, 7) is 4.29. The molecule has 4 aliphatic rings. The second-order valence-electron chi connectivity index (χ2n) is 12.8. The van der Waals surface area contributed by atoms with Crippen molar-refractivity contribution in [3.8, 4) is 11.8 Å². The molecule has 15 heteroatoms. The summed E-state index contributed by atoms with van der Waals surface area (Å²) in [5.74, 6) is 3.47. The zero-order chi connectivity index (χ0) is 33.4. The lowest BCUT2D eigenvalue weighted by Gasteiger charge is -2.47. The van der Waals surface area contributed by atoms with Gasteiger partial charge < -0.3 is 15.7 Å². The molecule has 1 unspecified atom stereocenters. The first kappa shape index (κ1) is 33.2. The number of nitrogens with two attached hydrogens (primary N) is 1. The zero-order valence-electron chi connectivity index (χ0n) is 25.4. The number of carbonyl (C=O) groups is 4. The van der Waals surface area contributed by atoms with E-state index in [1.165, 1.54) is 9.13 Å². The lowest BCUT2D eigenvalue weighted by atomic mass is 9.79. The molecule has 6 rings (SSSR count). The Morgan fingerprint density at radius 3 is 2.37 bits per heavy atom. The number of piperidine rings is 1. The highest BCUT2D eigenvalue weighted by Crippen LogP contribution is 2.40. The molecular formula is C31H37F3N6O6. The van der Waals surface area contributed by atoms with Crippen LogP contribution in [0.15, 0.2) is 23.0 Å². The van der Waals surface area contributed by atoms with Gasteiger partial charge in [0.25, 0.3) is 0 Å². The van der Waals surface area contributed by atoms with Gasteiger partial charge in [-0.05, 0) is 56.7 Å². The normalized spacial score (nSPS) is 24.5. The molecule has 248 valence electrons. The number of aromatic nitrogens is 2. The van der Waals surface area contributed by atoms with Gasteiger partial charge in [0.2, 0.25) is 17.7 Å². The van der Waals surface area contributed by atoms with Gasteiger partial charge in [-0.15, -0.1) is 0 Å². The topological polar surface area (TPSA) is 160 Å². The van der Waals surface area contributed by atoms with E-state index in [2.05, 4.69) is 27.0 Å². The van der Waals surface area contributed by atoms with Gasteiger partial charge in [0.15, 0.2) is 0 Å². The number of nitrogens with zero attached hydrogens (tertiary/aromatic N) is 4. The van der Waals surface area contributed by atoms with Crippen LogP contribution in [0.1, 0.15) is 56.6 Å². The number of likely N-dealkylation sites (tertiary alicyclic amines) is 2. The van der Waals surface area contributed by atoms with Crippen molar-refractivity contribution in [1.82, 2.24) is 24.3 Å². The van der Waals surface area contributed by atoms with Crippen LogP contribution < -0.4 is 16.7 Å². The number of nitrogens with one attached hydrogen (secondary N) is 1. The van der Waals surface area contributed by atoms with E-state index in [4.69, 9.17) is 15.6 Å². The van der Waals surface area contributed by atoms with Crippen LogP contribution in [0.2, 0.25) is 0 Å². The monoisotopic (exact) mass is 646 g/mol. The van der Waals surface area contributed by atoms with Gasteiger partial charge in [-0.1, -0.05) is 11.8 Å². The Balaban J connectivity index is 0.000000537. The van der Waals surface area contributed by atoms with Crippen LogP contribution >= 0.6 is 0 Å². The minimum absolute atomic E-state index is 0.153. The third-order valence-electron chi connectivity index (χ3n) is 9.38. The van der Waals surface area contributed by atoms with Crippen molar-refractivity contribution in [3.05, 3.63) is 34.2 Å². The summed E-state index contributed by atoms with van der Waals surface area (Å²) >= 11 is 0. The van der Waals surface area contributed by atoms with Crippen molar-refractivity contribution in [2.24, 2.45) is 24.1 Å². The van der Waals surface area contributed by atoms with Crippen LogP contribution in [0.5, 0.6) is 0 Å². The first-order chi connectivity index (χ1) is 21.7. The highest BCUT2D eigenvalue weighted by Gasteiger charge is 2.49. The van der Waals surface area contributed by atoms with Gasteiger partial charge in [-0.25, -0.2) is 9.59 Å². The smallest absolute Gasteiger partial charge is 0.475 e. The molecule has 4 heterocycles. The molecule has 1 aliphatic carbocycles. The second kappa shape index (κ2) is 12.9. The van der Waals surface area contributed by atoms with Gasteiger partial charge in [0, 0.05) is 62.6 Å². The third-order valence-corrected chi connectivity index (χ3v) is 9.38. The van der Waals surface area contributed by atoms with E-state index >= 15 is 0 Å². The van der Waals surface area contributed by atoms with E-state index < -0.39 is 24.1 Å². The Morgan fingerprint density at radius 2 is 1.74 bits per heavy atom. The molecule has 1 spiro atoms. The highest BCUT2D eigenvalue weighted by atomic mass is 19.4. The first-order valence-corrected chi connectivity index (χ1v) is 15.3. The van der Waals surface area contributed by atoms with Gasteiger partial charge >= 0.3 is 17.8 Å². The average molecular weight is 647 g/mol. The second-order valence-corrected chi connectivity index (χ2v) is 12.8. The molecule has 3 amide bonds. The summed E-state index contributed by atoms with van der Waals surface area (Å²) in [6, 6.07) is 5.13. The van der Waals surface area contributed by atoms with Crippen molar-refractivity contribution >= 4 is 34.7 Å². The van der Waals surface area contributed by atoms with E-state index in [0.29, 0.717) is 29.9 Å². The molecule has 4 fully saturated rings. The summed E-state index contributed by atoms with van der Waals surface area (Å²) in [6.07, 6.45) is 0.255. The SMILES string of the molecule is Cn1c(=O)n(C2CCC(=O)NC2=O)c2ccc(C#CCN3CC4(CCN(C(=O)C5CCC(N)CC5)C4)C3)cc21.O=C(O)C(F)(F)F. The lowest BCUT2D eigenvalue weighted by molar-refractivity contribution is -0.192. The van der Waals surface area contributed by atoms with Gasteiger partial charge in [-0.2, -0.15) is 13.2 Å². The molecule has 0 radical (unpaired) electrons. The molecule has 1 atom stereocenters. The fourth-order valence-corrected chi connectivity index (χ4v) is 6.94. The predicted molar refractivity (Wildman–Crippen MR) is 159 cm³/mol. The maximum Gasteiger partial charge on any atom is 0.490 e. The molecule has 1 aromatic heterocycles. The number of imidazole rings is 1. The Hall–Kier alpha value is -4.16. The Kier molecular flexibility index (Phi) is 9.33. The first-order valence-electron chi connectivity index (χ1n) is 15.3. The fourth-order valence-electron chi connectivity index (χ4n) is 6.94. The van der Waals surface area contributed by atoms with Crippen LogP contribution in [0.25, 0.3) is 11.0 Å². The van der Waals surface area contributed by atoms with Crippen LogP contribution in [-0.4, -0.2) is 92.7 Å². The van der Waals surface area contributed by atoms with Crippen molar-refractivity contribution in [3.63, 3.8) is 0 Å². The molecule has 2 aromatic rings. The number of carbonyl (C=O) groups excluding carboxylic acids is 3. The number of aliphatic carboxylic acids is 1. The largest absolute Gasteiger partial charge is 0.490 e. The number of fused-ring (bicyclic) bond motifs is 1. The van der Waals surface area contributed by atoms with Gasteiger partial charge in [-0.3, -0.25) is 33.7 Å². The standard InChI is InChI=1S/C29H36N6O4.C2HF3O2/c1-32-24-15-19(4-9-22(24)35(28(32)39)23-10-11-25(36)31-26(23)37)3-2-13-33-16-29(17-33)12-14-34(18-29)27(38)20-5-7-21(30)8-6-20;3-2(4,5)1(6)7/h4,9,15,20-21,23H,5-8,10-14,16-18,30H2,1H3,(H,31,36,37);(H,6,7). The minimum Gasteiger partial charge on any atom is -0.475 e. The summed E-state index contributed by atoms with van der Waals surface area (Å²) in [4.78, 5) is 63.2. The number of amides is 3. The van der Waals surface area contributed by atoms with Crippen LogP contribution in [0, 0.1) is 23.2 Å². The van der Waals surface area contributed by atoms with Crippen LogP contribution in [0.4, 0.5) is 13.2 Å². The lowest BCUT2D eigenvalue weighted by Crippen LogP contribution is -2.57.